The van der Waals surface area contributed by atoms with Gasteiger partial charge in [0.15, 0.2) is 0 Å². The minimum absolute atomic E-state index is 0.478. The average molecular weight is 274 g/mol. The molecule has 2 aliphatic rings. The van der Waals surface area contributed by atoms with E-state index in [9.17, 15) is 5.11 Å². The highest BCUT2D eigenvalue weighted by atomic mass is 32.1. The van der Waals surface area contributed by atoms with Crippen LogP contribution in [0.5, 0.6) is 0 Å². The standard InChI is InChI=1S/C15H18N2OS/c18-15(8-10-4-3-7-16-12(10)9-15)14-17-11-5-1-2-6-13(11)19-14/h1-2,5-6,10,12,16,18H,3-4,7-9H2. The van der Waals surface area contributed by atoms with Crippen molar-refractivity contribution in [1.82, 2.24) is 10.3 Å². The van der Waals surface area contributed by atoms with E-state index in [1.165, 1.54) is 17.5 Å². The van der Waals surface area contributed by atoms with Gasteiger partial charge in [0.05, 0.1) is 10.2 Å². The third-order valence-electron chi connectivity index (χ3n) is 4.58. The Labute approximate surface area is 116 Å². The molecule has 1 saturated heterocycles. The van der Waals surface area contributed by atoms with E-state index in [1.54, 1.807) is 11.3 Å². The lowest BCUT2D eigenvalue weighted by Gasteiger charge is -2.25. The van der Waals surface area contributed by atoms with Gasteiger partial charge in [-0.1, -0.05) is 12.1 Å². The zero-order valence-corrected chi connectivity index (χ0v) is 11.6. The predicted octanol–water partition coefficient (Wildman–Crippen LogP) is 2.65. The van der Waals surface area contributed by atoms with Crippen LogP contribution in [0.3, 0.4) is 0 Å². The first-order valence-corrected chi connectivity index (χ1v) is 7.88. The minimum atomic E-state index is -0.712. The Morgan fingerprint density at radius 3 is 3.05 bits per heavy atom. The molecule has 0 amide bonds. The van der Waals surface area contributed by atoms with Gasteiger partial charge < -0.3 is 10.4 Å². The summed E-state index contributed by atoms with van der Waals surface area (Å²) in [6.45, 7) is 1.09. The van der Waals surface area contributed by atoms with Crippen molar-refractivity contribution in [3.05, 3.63) is 29.3 Å². The van der Waals surface area contributed by atoms with Gasteiger partial charge in [-0.2, -0.15) is 0 Å². The SMILES string of the molecule is OC1(c2nc3ccccc3s2)CC2CCCNC2C1. The molecular formula is C15H18N2OS. The second-order valence-corrected chi connectivity index (χ2v) is 6.92. The molecule has 1 aliphatic carbocycles. The number of nitrogens with zero attached hydrogens (tertiary/aromatic N) is 1. The van der Waals surface area contributed by atoms with Gasteiger partial charge in [-0.15, -0.1) is 11.3 Å². The number of piperidine rings is 1. The molecule has 100 valence electrons. The fourth-order valence-electron chi connectivity index (χ4n) is 3.63. The van der Waals surface area contributed by atoms with Crippen LogP contribution < -0.4 is 5.32 Å². The zero-order chi connectivity index (χ0) is 12.9. The summed E-state index contributed by atoms with van der Waals surface area (Å²) in [5.41, 5.74) is 0.301. The van der Waals surface area contributed by atoms with Crippen LogP contribution in [0.1, 0.15) is 30.7 Å². The van der Waals surface area contributed by atoms with Crippen LogP contribution in [0.15, 0.2) is 24.3 Å². The molecule has 2 fully saturated rings. The summed E-state index contributed by atoms with van der Waals surface area (Å²) in [5.74, 6) is 0.616. The molecule has 1 saturated carbocycles. The quantitative estimate of drug-likeness (QED) is 0.840. The highest BCUT2D eigenvalue weighted by molar-refractivity contribution is 7.18. The Morgan fingerprint density at radius 2 is 2.21 bits per heavy atom. The highest BCUT2D eigenvalue weighted by Crippen LogP contribution is 2.46. The molecular weight excluding hydrogens is 256 g/mol. The van der Waals surface area contributed by atoms with Gasteiger partial charge in [-0.25, -0.2) is 4.98 Å². The van der Waals surface area contributed by atoms with Crippen LogP contribution in [0.4, 0.5) is 0 Å². The van der Waals surface area contributed by atoms with Crippen molar-refractivity contribution in [2.24, 2.45) is 5.92 Å². The average Bonchev–Trinajstić information content (AvgIpc) is 2.98. The van der Waals surface area contributed by atoms with Crippen molar-refractivity contribution in [2.75, 3.05) is 6.54 Å². The molecule has 4 heteroatoms. The summed E-state index contributed by atoms with van der Waals surface area (Å²) in [4.78, 5) is 4.67. The molecule has 3 nitrogen and oxygen atoms in total. The third kappa shape index (κ3) is 1.90. The number of aromatic nitrogens is 1. The van der Waals surface area contributed by atoms with Crippen molar-refractivity contribution >= 4 is 21.6 Å². The van der Waals surface area contributed by atoms with E-state index in [-0.39, 0.29) is 0 Å². The fraction of sp³-hybridized carbons (Fsp3) is 0.533. The van der Waals surface area contributed by atoms with Gasteiger partial charge in [-0.05, 0) is 50.3 Å². The summed E-state index contributed by atoms with van der Waals surface area (Å²) in [6, 6.07) is 8.63. The normalized spacial score (nSPS) is 34.6. The summed E-state index contributed by atoms with van der Waals surface area (Å²) in [5, 5.41) is 15.5. The first-order valence-electron chi connectivity index (χ1n) is 7.06. The predicted molar refractivity (Wildman–Crippen MR) is 77.3 cm³/mol. The van der Waals surface area contributed by atoms with Crippen molar-refractivity contribution in [1.29, 1.82) is 0 Å². The Bertz CT molecular complexity index is 562. The van der Waals surface area contributed by atoms with E-state index < -0.39 is 5.60 Å². The van der Waals surface area contributed by atoms with E-state index >= 15 is 0 Å². The summed E-state index contributed by atoms with van der Waals surface area (Å²) in [6.07, 6.45) is 4.16. The molecule has 4 rings (SSSR count). The van der Waals surface area contributed by atoms with Crippen LogP contribution in [-0.2, 0) is 5.60 Å². The van der Waals surface area contributed by atoms with Crippen LogP contribution in [0.25, 0.3) is 10.2 Å². The molecule has 1 aliphatic heterocycles. The van der Waals surface area contributed by atoms with Crippen molar-refractivity contribution in [3.8, 4) is 0 Å². The minimum Gasteiger partial charge on any atom is -0.383 e. The number of nitrogens with one attached hydrogen (secondary N) is 1. The Morgan fingerprint density at radius 1 is 1.32 bits per heavy atom. The smallest absolute Gasteiger partial charge is 0.126 e. The molecule has 3 atom stereocenters. The summed E-state index contributed by atoms with van der Waals surface area (Å²) >= 11 is 1.65. The van der Waals surface area contributed by atoms with E-state index in [0.717, 1.165) is 29.9 Å². The van der Waals surface area contributed by atoms with Crippen molar-refractivity contribution < 1.29 is 5.11 Å². The van der Waals surface area contributed by atoms with E-state index in [1.807, 2.05) is 18.2 Å². The van der Waals surface area contributed by atoms with Crippen LogP contribution in [-0.4, -0.2) is 22.7 Å². The largest absolute Gasteiger partial charge is 0.383 e. The third-order valence-corrected chi connectivity index (χ3v) is 5.81. The molecule has 0 radical (unpaired) electrons. The van der Waals surface area contributed by atoms with Gasteiger partial charge in [0.25, 0.3) is 0 Å². The first kappa shape index (κ1) is 11.8. The number of hydrogen-bond donors (Lipinski definition) is 2. The molecule has 1 aromatic heterocycles. The molecule has 3 unspecified atom stereocenters. The summed E-state index contributed by atoms with van der Waals surface area (Å²) < 4.78 is 1.17. The highest BCUT2D eigenvalue weighted by Gasteiger charge is 2.47. The van der Waals surface area contributed by atoms with Crippen molar-refractivity contribution in [2.45, 2.75) is 37.3 Å². The molecule has 2 aromatic rings. The maximum Gasteiger partial charge on any atom is 0.126 e. The Balaban J connectivity index is 1.70. The number of fused-ring (bicyclic) bond motifs is 2. The maximum atomic E-state index is 11.0. The molecule has 2 heterocycles. The van der Waals surface area contributed by atoms with Gasteiger partial charge >= 0.3 is 0 Å². The number of rotatable bonds is 1. The second kappa shape index (κ2) is 4.27. The van der Waals surface area contributed by atoms with Gasteiger partial charge in [0.1, 0.15) is 10.6 Å². The van der Waals surface area contributed by atoms with Crippen LogP contribution >= 0.6 is 11.3 Å². The molecule has 0 spiro atoms. The molecule has 19 heavy (non-hydrogen) atoms. The lowest BCUT2D eigenvalue weighted by Crippen LogP contribution is -2.38. The number of thiazole rings is 1. The van der Waals surface area contributed by atoms with E-state index in [2.05, 4.69) is 16.4 Å². The fourth-order valence-corrected chi connectivity index (χ4v) is 4.70. The lowest BCUT2D eigenvalue weighted by atomic mass is 9.93. The van der Waals surface area contributed by atoms with E-state index in [4.69, 9.17) is 0 Å². The molecule has 2 N–H and O–H groups in total. The number of benzene rings is 1. The van der Waals surface area contributed by atoms with Crippen LogP contribution in [0, 0.1) is 5.92 Å². The molecule has 0 bridgehead atoms. The number of hydrogen-bond acceptors (Lipinski definition) is 4. The van der Waals surface area contributed by atoms with Gasteiger partial charge in [0, 0.05) is 6.04 Å². The first-order chi connectivity index (χ1) is 9.24. The summed E-state index contributed by atoms with van der Waals surface area (Å²) in [7, 11) is 0. The van der Waals surface area contributed by atoms with Gasteiger partial charge in [0.2, 0.25) is 0 Å². The zero-order valence-electron chi connectivity index (χ0n) is 10.8. The lowest BCUT2D eigenvalue weighted by molar-refractivity contribution is 0.0389. The van der Waals surface area contributed by atoms with Crippen LogP contribution in [0.2, 0.25) is 0 Å². The number of aliphatic hydroxyl groups is 1. The van der Waals surface area contributed by atoms with Crippen molar-refractivity contribution in [3.63, 3.8) is 0 Å². The topological polar surface area (TPSA) is 45.2 Å². The maximum absolute atomic E-state index is 11.0. The van der Waals surface area contributed by atoms with Gasteiger partial charge in [-0.3, -0.25) is 0 Å². The Hall–Kier alpha value is -0.970. The number of para-hydroxylation sites is 1. The monoisotopic (exact) mass is 274 g/mol. The second-order valence-electron chi connectivity index (χ2n) is 5.89. The Kier molecular flexibility index (Phi) is 2.65. The van der Waals surface area contributed by atoms with E-state index in [0.29, 0.717) is 12.0 Å². The molecule has 1 aromatic carbocycles.